The smallest absolute Gasteiger partial charge is 0.0908 e. The Morgan fingerprint density at radius 2 is 2.19 bits per heavy atom. The highest BCUT2D eigenvalue weighted by Gasteiger charge is 2.55. The van der Waals surface area contributed by atoms with Gasteiger partial charge in [-0.15, -0.1) is 0 Å². The van der Waals surface area contributed by atoms with Crippen LogP contribution >= 0.6 is 0 Å². The lowest BCUT2D eigenvalue weighted by atomic mass is 9.91. The molecule has 1 atom stereocenters. The maximum Gasteiger partial charge on any atom is 0.0908 e. The standard InChI is InChI=1S/C13H20N2O/c1-12(2,3)10-4-8-14-15(10)11-5-9-16-13(11)6-7-13/h4,8,11H,5-7,9H2,1-3H3. The van der Waals surface area contributed by atoms with Gasteiger partial charge >= 0.3 is 0 Å². The Hall–Kier alpha value is -0.830. The topological polar surface area (TPSA) is 27.1 Å². The van der Waals surface area contributed by atoms with Crippen LogP contribution in [0.1, 0.15) is 51.8 Å². The van der Waals surface area contributed by atoms with Crippen LogP contribution in [0.3, 0.4) is 0 Å². The van der Waals surface area contributed by atoms with Gasteiger partial charge in [-0.3, -0.25) is 4.68 Å². The molecule has 0 bridgehead atoms. The van der Waals surface area contributed by atoms with Gasteiger partial charge < -0.3 is 4.74 Å². The minimum atomic E-state index is 0.145. The molecule has 3 rings (SSSR count). The maximum atomic E-state index is 5.89. The lowest BCUT2D eigenvalue weighted by Gasteiger charge is -2.26. The first-order valence-electron chi connectivity index (χ1n) is 6.21. The maximum absolute atomic E-state index is 5.89. The van der Waals surface area contributed by atoms with Gasteiger partial charge in [0.25, 0.3) is 0 Å². The fourth-order valence-electron chi connectivity index (χ4n) is 2.84. The molecule has 2 heterocycles. The van der Waals surface area contributed by atoms with Crippen molar-refractivity contribution in [1.82, 2.24) is 9.78 Å². The van der Waals surface area contributed by atoms with Crippen LogP contribution in [0.4, 0.5) is 0 Å². The predicted octanol–water partition coefficient (Wildman–Crippen LogP) is 2.67. The minimum Gasteiger partial charge on any atom is -0.373 e. The average molecular weight is 220 g/mol. The fourth-order valence-corrected chi connectivity index (χ4v) is 2.84. The van der Waals surface area contributed by atoms with Crippen molar-refractivity contribution in [2.24, 2.45) is 0 Å². The quantitative estimate of drug-likeness (QED) is 0.727. The van der Waals surface area contributed by atoms with Gasteiger partial charge in [-0.25, -0.2) is 0 Å². The van der Waals surface area contributed by atoms with Crippen molar-refractivity contribution in [2.45, 2.75) is 57.1 Å². The van der Waals surface area contributed by atoms with Crippen molar-refractivity contribution in [1.29, 1.82) is 0 Å². The summed E-state index contributed by atoms with van der Waals surface area (Å²) in [6.07, 6.45) is 5.46. The van der Waals surface area contributed by atoms with Crippen molar-refractivity contribution in [3.63, 3.8) is 0 Å². The van der Waals surface area contributed by atoms with Crippen LogP contribution in [0.25, 0.3) is 0 Å². The number of rotatable bonds is 1. The number of ether oxygens (including phenoxy) is 1. The zero-order valence-electron chi connectivity index (χ0n) is 10.4. The van der Waals surface area contributed by atoms with E-state index in [0.29, 0.717) is 6.04 Å². The van der Waals surface area contributed by atoms with Gasteiger partial charge in [0, 0.05) is 23.9 Å². The molecule has 0 N–H and O–H groups in total. The molecule has 88 valence electrons. The van der Waals surface area contributed by atoms with Crippen LogP contribution in [0.5, 0.6) is 0 Å². The molecule has 3 heteroatoms. The number of nitrogens with zero attached hydrogens (tertiary/aromatic N) is 2. The number of hydrogen-bond acceptors (Lipinski definition) is 2. The van der Waals surface area contributed by atoms with E-state index in [1.165, 1.54) is 18.5 Å². The monoisotopic (exact) mass is 220 g/mol. The molecule has 0 radical (unpaired) electrons. The van der Waals surface area contributed by atoms with Crippen molar-refractivity contribution >= 4 is 0 Å². The van der Waals surface area contributed by atoms with Crippen LogP contribution in [-0.4, -0.2) is 22.0 Å². The van der Waals surface area contributed by atoms with Gasteiger partial charge in [0.05, 0.1) is 11.6 Å². The first kappa shape index (κ1) is 10.3. The number of hydrogen-bond donors (Lipinski definition) is 0. The molecular formula is C13H20N2O. The summed E-state index contributed by atoms with van der Waals surface area (Å²) in [4.78, 5) is 0. The van der Waals surface area contributed by atoms with Crippen molar-refractivity contribution in [2.75, 3.05) is 6.61 Å². The van der Waals surface area contributed by atoms with E-state index >= 15 is 0 Å². The molecule has 3 nitrogen and oxygen atoms in total. The summed E-state index contributed by atoms with van der Waals surface area (Å²) in [5.74, 6) is 0. The molecule has 2 fully saturated rings. The van der Waals surface area contributed by atoms with E-state index in [0.717, 1.165) is 13.0 Å². The molecule has 1 saturated carbocycles. The summed E-state index contributed by atoms with van der Waals surface area (Å²) in [7, 11) is 0. The van der Waals surface area contributed by atoms with Gasteiger partial charge in [0.2, 0.25) is 0 Å². The zero-order valence-corrected chi connectivity index (χ0v) is 10.4. The second-order valence-electron chi connectivity index (χ2n) is 6.13. The molecule has 1 aromatic rings. The molecule has 0 amide bonds. The van der Waals surface area contributed by atoms with Crippen LogP contribution < -0.4 is 0 Å². The highest BCUT2D eigenvalue weighted by atomic mass is 16.5. The van der Waals surface area contributed by atoms with E-state index in [1.54, 1.807) is 0 Å². The molecular weight excluding hydrogens is 200 g/mol. The van der Waals surface area contributed by atoms with Gasteiger partial charge in [-0.05, 0) is 25.3 Å². The van der Waals surface area contributed by atoms with E-state index in [4.69, 9.17) is 4.74 Å². The molecule has 1 saturated heterocycles. The molecule has 1 aromatic heterocycles. The Bertz CT molecular complexity index is 398. The average Bonchev–Trinajstić information content (AvgIpc) is 2.62. The fraction of sp³-hybridized carbons (Fsp3) is 0.769. The van der Waals surface area contributed by atoms with E-state index in [2.05, 4.69) is 36.6 Å². The molecule has 1 aliphatic heterocycles. The highest BCUT2D eigenvalue weighted by molar-refractivity contribution is 5.17. The predicted molar refractivity (Wildman–Crippen MR) is 62.5 cm³/mol. The summed E-state index contributed by atoms with van der Waals surface area (Å²) >= 11 is 0. The Kier molecular flexibility index (Phi) is 2.00. The molecule has 1 unspecified atom stereocenters. The highest BCUT2D eigenvalue weighted by Crippen LogP contribution is 2.54. The van der Waals surface area contributed by atoms with E-state index in [1.807, 2.05) is 6.20 Å². The first-order chi connectivity index (χ1) is 7.53. The third kappa shape index (κ3) is 1.41. The third-order valence-corrected chi connectivity index (χ3v) is 3.86. The van der Waals surface area contributed by atoms with E-state index < -0.39 is 0 Å². The van der Waals surface area contributed by atoms with Crippen molar-refractivity contribution in [3.05, 3.63) is 18.0 Å². The number of aromatic nitrogens is 2. The molecule has 1 aliphatic carbocycles. The van der Waals surface area contributed by atoms with Gasteiger partial charge in [-0.2, -0.15) is 5.10 Å². The Labute approximate surface area is 96.8 Å². The Morgan fingerprint density at radius 1 is 1.44 bits per heavy atom. The van der Waals surface area contributed by atoms with Crippen LogP contribution in [0, 0.1) is 0 Å². The zero-order chi connectivity index (χ0) is 11.4. The normalized spacial score (nSPS) is 27.6. The summed E-state index contributed by atoms with van der Waals surface area (Å²) < 4.78 is 8.12. The van der Waals surface area contributed by atoms with Crippen LogP contribution in [0.2, 0.25) is 0 Å². The van der Waals surface area contributed by atoms with Gasteiger partial charge in [0.1, 0.15) is 0 Å². The SMILES string of the molecule is CC(C)(C)c1ccnn1C1CCOC12CC2. The summed E-state index contributed by atoms with van der Waals surface area (Å²) in [6, 6.07) is 2.62. The Balaban J connectivity index is 1.98. The molecule has 0 aromatic carbocycles. The van der Waals surface area contributed by atoms with E-state index in [9.17, 15) is 0 Å². The van der Waals surface area contributed by atoms with Crippen LogP contribution in [-0.2, 0) is 10.2 Å². The van der Waals surface area contributed by atoms with Crippen LogP contribution in [0.15, 0.2) is 12.3 Å². The third-order valence-electron chi connectivity index (χ3n) is 3.86. The van der Waals surface area contributed by atoms with Crippen molar-refractivity contribution in [3.8, 4) is 0 Å². The summed E-state index contributed by atoms with van der Waals surface area (Å²) in [5.41, 5.74) is 1.63. The first-order valence-corrected chi connectivity index (χ1v) is 6.21. The van der Waals surface area contributed by atoms with Crippen molar-refractivity contribution < 1.29 is 4.74 Å². The lowest BCUT2D eigenvalue weighted by Crippen LogP contribution is -2.28. The molecule has 2 aliphatic rings. The lowest BCUT2D eigenvalue weighted by molar-refractivity contribution is 0.0668. The second kappa shape index (κ2) is 3.10. The molecule has 1 spiro atoms. The van der Waals surface area contributed by atoms with Gasteiger partial charge in [0.15, 0.2) is 0 Å². The van der Waals surface area contributed by atoms with E-state index in [-0.39, 0.29) is 11.0 Å². The second-order valence-corrected chi connectivity index (χ2v) is 6.13. The molecule has 16 heavy (non-hydrogen) atoms. The summed E-state index contributed by atoms with van der Waals surface area (Å²) in [6.45, 7) is 7.63. The minimum absolute atomic E-state index is 0.145. The van der Waals surface area contributed by atoms with Gasteiger partial charge in [-0.1, -0.05) is 20.8 Å². The Morgan fingerprint density at radius 3 is 2.81 bits per heavy atom. The largest absolute Gasteiger partial charge is 0.373 e. The summed E-state index contributed by atoms with van der Waals surface area (Å²) in [5, 5.41) is 4.54.